The first-order valence-corrected chi connectivity index (χ1v) is 8.04. The van der Waals surface area contributed by atoms with Gasteiger partial charge in [0.1, 0.15) is 0 Å². The minimum atomic E-state index is -0.843. The largest absolute Gasteiger partial charge is 0.478 e. The van der Waals surface area contributed by atoms with Crippen LogP contribution in [0.25, 0.3) is 10.9 Å². The summed E-state index contributed by atoms with van der Waals surface area (Å²) < 4.78 is 0. The summed E-state index contributed by atoms with van der Waals surface area (Å²) in [5.74, 6) is -0.506. The monoisotopic (exact) mass is 298 g/mol. The predicted molar refractivity (Wildman–Crippen MR) is 87.4 cm³/mol. The van der Waals surface area contributed by atoms with Crippen LogP contribution in [-0.2, 0) is 0 Å². The van der Waals surface area contributed by atoms with Gasteiger partial charge in [-0.05, 0) is 62.5 Å². The fourth-order valence-corrected chi connectivity index (χ4v) is 3.53. The zero-order chi connectivity index (χ0) is 15.5. The number of rotatable bonds is 4. The van der Waals surface area contributed by atoms with Gasteiger partial charge < -0.3 is 10.0 Å². The van der Waals surface area contributed by atoms with Gasteiger partial charge >= 0.3 is 5.97 Å². The Bertz CT molecular complexity index is 676. The molecule has 0 unspecified atom stereocenters. The van der Waals surface area contributed by atoms with Gasteiger partial charge in [-0.1, -0.05) is 19.1 Å². The van der Waals surface area contributed by atoms with Crippen molar-refractivity contribution in [3.8, 4) is 0 Å². The fourth-order valence-electron chi connectivity index (χ4n) is 3.53. The zero-order valence-corrected chi connectivity index (χ0v) is 13.0. The lowest BCUT2D eigenvalue weighted by Gasteiger charge is -2.32. The van der Waals surface area contributed by atoms with Crippen molar-refractivity contribution >= 4 is 16.9 Å². The molecule has 4 heteroatoms. The van der Waals surface area contributed by atoms with Gasteiger partial charge in [0, 0.05) is 11.6 Å². The minimum Gasteiger partial charge on any atom is -0.478 e. The Morgan fingerprint density at radius 1 is 1.32 bits per heavy atom. The first-order valence-electron chi connectivity index (χ1n) is 8.04. The molecular formula is C18H22N2O2. The van der Waals surface area contributed by atoms with Crippen LogP contribution in [0.15, 0.2) is 30.5 Å². The highest BCUT2D eigenvalue weighted by atomic mass is 16.4. The Balaban J connectivity index is 1.94. The van der Waals surface area contributed by atoms with Crippen molar-refractivity contribution in [2.45, 2.75) is 32.1 Å². The summed E-state index contributed by atoms with van der Waals surface area (Å²) in [5, 5.41) is 10.4. The maximum Gasteiger partial charge on any atom is 0.336 e. The van der Waals surface area contributed by atoms with E-state index in [1.807, 2.05) is 24.3 Å². The number of carbonyl (C=O) groups is 1. The molecule has 2 aromatic rings. The van der Waals surface area contributed by atoms with Gasteiger partial charge in [-0.3, -0.25) is 4.98 Å². The standard InChI is InChI=1S/C18H22N2O2/c1-2-10-20-11-7-13(8-12-20)14-5-6-16-15(4-3-9-19-16)17(14)18(21)22/h3-6,9,13H,2,7-8,10-12H2,1H3,(H,21,22). The molecule has 0 aliphatic carbocycles. The van der Waals surface area contributed by atoms with Crippen LogP contribution in [0.2, 0.25) is 0 Å². The van der Waals surface area contributed by atoms with Gasteiger partial charge in [0.05, 0.1) is 11.1 Å². The summed E-state index contributed by atoms with van der Waals surface area (Å²) in [6.45, 7) is 5.45. The lowest BCUT2D eigenvalue weighted by atomic mass is 9.85. The number of aromatic nitrogens is 1. The van der Waals surface area contributed by atoms with Gasteiger partial charge in [-0.25, -0.2) is 4.79 Å². The van der Waals surface area contributed by atoms with Crippen LogP contribution in [-0.4, -0.2) is 40.6 Å². The summed E-state index contributed by atoms with van der Waals surface area (Å²) in [7, 11) is 0. The molecule has 4 nitrogen and oxygen atoms in total. The van der Waals surface area contributed by atoms with E-state index in [0.29, 0.717) is 11.5 Å². The second kappa shape index (κ2) is 6.44. The van der Waals surface area contributed by atoms with E-state index in [9.17, 15) is 9.90 Å². The third-order valence-corrected chi connectivity index (χ3v) is 4.60. The number of hydrogen-bond donors (Lipinski definition) is 1. The van der Waals surface area contributed by atoms with E-state index in [1.54, 1.807) is 6.20 Å². The van der Waals surface area contributed by atoms with Crippen LogP contribution in [0.5, 0.6) is 0 Å². The normalized spacial score (nSPS) is 17.0. The second-order valence-corrected chi connectivity index (χ2v) is 6.02. The molecule has 0 spiro atoms. The van der Waals surface area contributed by atoms with Crippen LogP contribution in [0, 0.1) is 0 Å². The molecule has 1 aliphatic rings. The van der Waals surface area contributed by atoms with E-state index in [1.165, 1.54) is 6.42 Å². The summed E-state index contributed by atoms with van der Waals surface area (Å²) in [4.78, 5) is 18.6. The van der Waals surface area contributed by atoms with Crippen molar-refractivity contribution in [3.05, 3.63) is 41.6 Å². The first-order chi connectivity index (χ1) is 10.7. The zero-order valence-electron chi connectivity index (χ0n) is 13.0. The summed E-state index contributed by atoms with van der Waals surface area (Å²) in [5.41, 5.74) is 2.18. The molecule has 1 aromatic carbocycles. The maximum atomic E-state index is 11.8. The molecule has 1 aliphatic heterocycles. The molecule has 0 radical (unpaired) electrons. The first kappa shape index (κ1) is 15.0. The minimum absolute atomic E-state index is 0.337. The van der Waals surface area contributed by atoms with Crippen LogP contribution in [0.3, 0.4) is 0 Å². The lowest BCUT2D eigenvalue weighted by molar-refractivity contribution is 0.0696. The number of carboxylic acid groups (broad SMARTS) is 1. The number of nitrogens with zero attached hydrogens (tertiary/aromatic N) is 2. The molecule has 0 bridgehead atoms. The SMILES string of the molecule is CCCN1CCC(c2ccc3ncccc3c2C(=O)O)CC1. The lowest BCUT2D eigenvalue weighted by Crippen LogP contribution is -2.33. The van der Waals surface area contributed by atoms with Gasteiger partial charge in [0.25, 0.3) is 0 Å². The number of carboxylic acids is 1. The predicted octanol–water partition coefficient (Wildman–Crippen LogP) is 3.52. The van der Waals surface area contributed by atoms with E-state index >= 15 is 0 Å². The quantitative estimate of drug-likeness (QED) is 0.938. The van der Waals surface area contributed by atoms with Crippen molar-refractivity contribution in [1.82, 2.24) is 9.88 Å². The molecule has 0 saturated carbocycles. The number of fused-ring (bicyclic) bond motifs is 1. The van der Waals surface area contributed by atoms with Crippen molar-refractivity contribution in [2.75, 3.05) is 19.6 Å². The van der Waals surface area contributed by atoms with Crippen molar-refractivity contribution in [1.29, 1.82) is 0 Å². The number of hydrogen-bond acceptors (Lipinski definition) is 3. The third kappa shape index (κ3) is 2.83. The van der Waals surface area contributed by atoms with Crippen LogP contribution >= 0.6 is 0 Å². The highest BCUT2D eigenvalue weighted by molar-refractivity contribution is 6.04. The van der Waals surface area contributed by atoms with Crippen LogP contribution < -0.4 is 0 Å². The van der Waals surface area contributed by atoms with E-state index in [-0.39, 0.29) is 0 Å². The Kier molecular flexibility index (Phi) is 4.39. The highest BCUT2D eigenvalue weighted by Gasteiger charge is 2.25. The number of benzene rings is 1. The summed E-state index contributed by atoms with van der Waals surface area (Å²) in [6.07, 6.45) is 4.95. The van der Waals surface area contributed by atoms with E-state index in [2.05, 4.69) is 16.8 Å². The maximum absolute atomic E-state index is 11.8. The topological polar surface area (TPSA) is 53.4 Å². The molecule has 116 valence electrons. The number of piperidine rings is 1. The Morgan fingerprint density at radius 2 is 2.09 bits per heavy atom. The van der Waals surface area contributed by atoms with Gasteiger partial charge in [0.15, 0.2) is 0 Å². The third-order valence-electron chi connectivity index (χ3n) is 4.60. The Hall–Kier alpha value is -1.94. The molecule has 1 N–H and O–H groups in total. The van der Waals surface area contributed by atoms with Crippen molar-refractivity contribution in [2.24, 2.45) is 0 Å². The number of aromatic carboxylic acids is 1. The van der Waals surface area contributed by atoms with Crippen LogP contribution in [0.1, 0.15) is 48.0 Å². The summed E-state index contributed by atoms with van der Waals surface area (Å²) in [6, 6.07) is 7.60. The molecular weight excluding hydrogens is 276 g/mol. The molecule has 1 aromatic heterocycles. The Morgan fingerprint density at radius 3 is 2.77 bits per heavy atom. The van der Waals surface area contributed by atoms with Gasteiger partial charge in [-0.15, -0.1) is 0 Å². The van der Waals surface area contributed by atoms with E-state index in [4.69, 9.17) is 0 Å². The molecule has 2 heterocycles. The van der Waals surface area contributed by atoms with E-state index < -0.39 is 5.97 Å². The highest BCUT2D eigenvalue weighted by Crippen LogP contribution is 2.33. The van der Waals surface area contributed by atoms with Gasteiger partial charge in [-0.2, -0.15) is 0 Å². The molecule has 3 rings (SSSR count). The summed E-state index contributed by atoms with van der Waals surface area (Å²) >= 11 is 0. The van der Waals surface area contributed by atoms with E-state index in [0.717, 1.165) is 48.9 Å². The molecule has 0 atom stereocenters. The molecule has 0 amide bonds. The smallest absolute Gasteiger partial charge is 0.336 e. The average molecular weight is 298 g/mol. The molecule has 1 fully saturated rings. The second-order valence-electron chi connectivity index (χ2n) is 6.02. The van der Waals surface area contributed by atoms with Gasteiger partial charge in [0.2, 0.25) is 0 Å². The molecule has 1 saturated heterocycles. The van der Waals surface area contributed by atoms with Crippen molar-refractivity contribution < 1.29 is 9.90 Å². The molecule has 22 heavy (non-hydrogen) atoms. The Labute approximate surface area is 130 Å². The van der Waals surface area contributed by atoms with Crippen molar-refractivity contribution in [3.63, 3.8) is 0 Å². The fraction of sp³-hybridized carbons (Fsp3) is 0.444. The van der Waals surface area contributed by atoms with Crippen LogP contribution in [0.4, 0.5) is 0 Å². The average Bonchev–Trinajstić information content (AvgIpc) is 2.54. The number of pyridine rings is 1. The number of likely N-dealkylation sites (tertiary alicyclic amines) is 1.